The Hall–Kier alpha value is -1.63. The van der Waals surface area contributed by atoms with Gasteiger partial charge >= 0.3 is 6.16 Å². The summed E-state index contributed by atoms with van der Waals surface area (Å²) in [4.78, 5) is 22.3. The number of piperazine rings is 1. The summed E-state index contributed by atoms with van der Waals surface area (Å²) in [6, 6.07) is 11.3. The normalized spacial score (nSPS) is 21.1. The summed E-state index contributed by atoms with van der Waals surface area (Å²) in [7, 11) is 0. The smallest absolute Gasteiger partial charge is 0.427 e. The second-order valence-corrected chi connectivity index (χ2v) is 8.51. The predicted molar refractivity (Wildman–Crippen MR) is 105 cm³/mol. The molecule has 6 nitrogen and oxygen atoms in total. The van der Waals surface area contributed by atoms with Crippen LogP contribution >= 0.6 is 0 Å². The highest BCUT2D eigenvalue weighted by Crippen LogP contribution is 2.20. The summed E-state index contributed by atoms with van der Waals surface area (Å²) in [5.74, 6) is 0. The van der Waals surface area contributed by atoms with Crippen molar-refractivity contribution in [3.8, 4) is 0 Å². The van der Waals surface area contributed by atoms with E-state index in [4.69, 9.17) is 9.57 Å². The highest BCUT2D eigenvalue weighted by Gasteiger charge is 2.29. The van der Waals surface area contributed by atoms with Crippen molar-refractivity contribution in [2.75, 3.05) is 39.3 Å². The Morgan fingerprint density at radius 2 is 1.63 bits per heavy atom. The molecule has 0 saturated carbocycles. The van der Waals surface area contributed by atoms with Crippen LogP contribution in [0.4, 0.5) is 4.79 Å². The van der Waals surface area contributed by atoms with Crippen molar-refractivity contribution in [3.05, 3.63) is 35.9 Å². The van der Waals surface area contributed by atoms with Gasteiger partial charge in [0.15, 0.2) is 0 Å². The summed E-state index contributed by atoms with van der Waals surface area (Å²) in [5.41, 5.74) is 0.869. The molecule has 150 valence electrons. The Morgan fingerprint density at radius 3 is 2.22 bits per heavy atom. The van der Waals surface area contributed by atoms with Gasteiger partial charge in [-0.3, -0.25) is 9.80 Å². The zero-order valence-corrected chi connectivity index (χ0v) is 16.9. The number of carbonyl (C=O) groups is 1. The first-order valence-corrected chi connectivity index (χ1v) is 10.1. The van der Waals surface area contributed by atoms with Crippen molar-refractivity contribution >= 4 is 6.16 Å². The molecule has 0 unspecified atom stereocenters. The molecule has 2 aliphatic heterocycles. The predicted octanol–water partition coefficient (Wildman–Crippen LogP) is 3.14. The van der Waals surface area contributed by atoms with E-state index in [0.717, 1.165) is 58.7 Å². The van der Waals surface area contributed by atoms with Gasteiger partial charge in [-0.1, -0.05) is 30.3 Å². The minimum atomic E-state index is -0.601. The van der Waals surface area contributed by atoms with Gasteiger partial charge in [-0.15, -0.1) is 5.06 Å². The van der Waals surface area contributed by atoms with Crippen molar-refractivity contribution in [3.63, 3.8) is 0 Å². The van der Waals surface area contributed by atoms with E-state index in [1.165, 1.54) is 5.56 Å². The van der Waals surface area contributed by atoms with Crippen LogP contribution in [0.1, 0.15) is 39.2 Å². The maximum atomic E-state index is 11.8. The summed E-state index contributed by atoms with van der Waals surface area (Å²) in [6.45, 7) is 12.6. The first-order chi connectivity index (χ1) is 12.9. The number of ether oxygens (including phenoxy) is 1. The Kier molecular flexibility index (Phi) is 6.73. The topological polar surface area (TPSA) is 45.3 Å². The number of carbonyl (C=O) groups excluding carboxylic acids is 1. The molecule has 0 bridgehead atoms. The third-order valence-electron chi connectivity index (χ3n) is 5.19. The molecule has 0 radical (unpaired) electrons. The van der Waals surface area contributed by atoms with Gasteiger partial charge in [0.2, 0.25) is 0 Å². The van der Waals surface area contributed by atoms with E-state index < -0.39 is 11.8 Å². The van der Waals surface area contributed by atoms with E-state index in [1.807, 2.05) is 20.8 Å². The molecule has 0 spiro atoms. The lowest BCUT2D eigenvalue weighted by atomic mass is 10.0. The second kappa shape index (κ2) is 9.04. The molecular weight excluding hydrogens is 342 g/mol. The van der Waals surface area contributed by atoms with Crippen LogP contribution in [-0.4, -0.2) is 71.9 Å². The van der Waals surface area contributed by atoms with Crippen LogP contribution in [-0.2, 0) is 16.1 Å². The first-order valence-electron chi connectivity index (χ1n) is 10.1. The Balaban J connectivity index is 1.36. The van der Waals surface area contributed by atoms with Gasteiger partial charge in [-0.05, 0) is 39.2 Å². The van der Waals surface area contributed by atoms with Crippen LogP contribution in [0, 0.1) is 0 Å². The monoisotopic (exact) mass is 375 g/mol. The molecule has 0 aliphatic carbocycles. The van der Waals surface area contributed by atoms with Crippen LogP contribution < -0.4 is 0 Å². The molecule has 2 heterocycles. The van der Waals surface area contributed by atoms with E-state index >= 15 is 0 Å². The number of hydroxylamine groups is 2. The summed E-state index contributed by atoms with van der Waals surface area (Å²) < 4.78 is 5.23. The van der Waals surface area contributed by atoms with E-state index in [2.05, 4.69) is 40.1 Å². The van der Waals surface area contributed by atoms with Gasteiger partial charge in [0, 0.05) is 51.9 Å². The van der Waals surface area contributed by atoms with Crippen LogP contribution in [0.2, 0.25) is 0 Å². The third-order valence-corrected chi connectivity index (χ3v) is 5.19. The van der Waals surface area contributed by atoms with Gasteiger partial charge in [0.1, 0.15) is 5.60 Å². The van der Waals surface area contributed by atoms with Crippen LogP contribution in [0.25, 0.3) is 0 Å². The van der Waals surface area contributed by atoms with Gasteiger partial charge in [-0.2, -0.15) is 0 Å². The summed E-state index contributed by atoms with van der Waals surface area (Å²) in [6.07, 6.45) is 1.46. The number of hydrogen-bond acceptors (Lipinski definition) is 6. The molecule has 2 aliphatic rings. The maximum Gasteiger partial charge on any atom is 0.528 e. The second-order valence-electron chi connectivity index (χ2n) is 8.51. The van der Waals surface area contributed by atoms with E-state index in [-0.39, 0.29) is 0 Å². The number of benzene rings is 1. The zero-order chi connectivity index (χ0) is 19.3. The van der Waals surface area contributed by atoms with Crippen LogP contribution in [0.3, 0.4) is 0 Å². The maximum absolute atomic E-state index is 11.8. The van der Waals surface area contributed by atoms with E-state index in [1.54, 1.807) is 5.06 Å². The van der Waals surface area contributed by atoms with Gasteiger partial charge in [-0.25, -0.2) is 4.79 Å². The Morgan fingerprint density at radius 1 is 1.00 bits per heavy atom. The fraction of sp³-hybridized carbons (Fsp3) is 0.667. The average Bonchev–Trinajstić information content (AvgIpc) is 2.62. The summed E-state index contributed by atoms with van der Waals surface area (Å²) >= 11 is 0. The Labute approximate surface area is 163 Å². The average molecular weight is 376 g/mol. The largest absolute Gasteiger partial charge is 0.528 e. The molecule has 2 fully saturated rings. The molecule has 1 aromatic carbocycles. The van der Waals surface area contributed by atoms with Crippen molar-refractivity contribution < 1.29 is 14.4 Å². The van der Waals surface area contributed by atoms with E-state index in [0.29, 0.717) is 6.04 Å². The minimum absolute atomic E-state index is 0.519. The first kappa shape index (κ1) is 20.1. The number of hydrogen-bond donors (Lipinski definition) is 0. The van der Waals surface area contributed by atoms with Gasteiger partial charge < -0.3 is 9.57 Å². The van der Waals surface area contributed by atoms with Crippen molar-refractivity contribution in [1.29, 1.82) is 0 Å². The highest BCUT2D eigenvalue weighted by molar-refractivity contribution is 5.60. The van der Waals surface area contributed by atoms with Crippen molar-refractivity contribution in [1.82, 2.24) is 14.9 Å². The quantitative estimate of drug-likeness (QED) is 0.754. The van der Waals surface area contributed by atoms with Crippen LogP contribution in [0.15, 0.2) is 30.3 Å². The molecule has 0 amide bonds. The van der Waals surface area contributed by atoms with Crippen LogP contribution in [0.5, 0.6) is 0 Å². The SMILES string of the molecule is CC(C)(C)OC(=O)ON1CCC(N2CCN(Cc3ccccc3)CC2)CC1. The standard InChI is InChI=1S/C21H33N3O3/c1-21(2,3)26-20(25)27-24-11-9-19(10-12-24)23-15-13-22(14-16-23)17-18-7-5-4-6-8-18/h4-8,19H,9-17H2,1-3H3. The molecule has 0 atom stereocenters. The molecule has 2 saturated heterocycles. The molecule has 0 N–H and O–H groups in total. The third kappa shape index (κ3) is 6.48. The van der Waals surface area contributed by atoms with Crippen molar-refractivity contribution in [2.45, 2.75) is 51.8 Å². The zero-order valence-electron chi connectivity index (χ0n) is 16.9. The number of piperidine rings is 1. The number of rotatable bonds is 4. The lowest BCUT2D eigenvalue weighted by Crippen LogP contribution is -2.53. The van der Waals surface area contributed by atoms with Gasteiger partial charge in [0.25, 0.3) is 0 Å². The molecule has 6 heteroatoms. The van der Waals surface area contributed by atoms with Crippen molar-refractivity contribution in [2.24, 2.45) is 0 Å². The molecule has 1 aromatic rings. The van der Waals surface area contributed by atoms with Gasteiger partial charge in [0.05, 0.1) is 0 Å². The lowest BCUT2D eigenvalue weighted by molar-refractivity contribution is -0.157. The van der Waals surface area contributed by atoms with E-state index in [9.17, 15) is 4.79 Å². The molecule has 27 heavy (non-hydrogen) atoms. The molecule has 3 rings (SSSR count). The lowest BCUT2D eigenvalue weighted by Gasteiger charge is -2.42. The Bertz CT molecular complexity index is 586. The minimum Gasteiger partial charge on any atom is -0.427 e. The summed E-state index contributed by atoms with van der Waals surface area (Å²) in [5, 5.41) is 1.75. The fourth-order valence-electron chi connectivity index (χ4n) is 3.80. The highest BCUT2D eigenvalue weighted by atomic mass is 16.8. The molecule has 0 aromatic heterocycles. The molecular formula is C21H33N3O3. The number of nitrogens with zero attached hydrogens (tertiary/aromatic N) is 3. The fourth-order valence-corrected chi connectivity index (χ4v) is 3.80.